The van der Waals surface area contributed by atoms with Crippen molar-refractivity contribution in [2.45, 2.75) is 58.4 Å². The molecule has 0 aliphatic heterocycles. The van der Waals surface area contributed by atoms with Crippen molar-refractivity contribution in [2.24, 2.45) is 0 Å². The number of rotatable bonds is 10. The van der Waals surface area contributed by atoms with Crippen LogP contribution in [-0.4, -0.2) is 26.2 Å². The summed E-state index contributed by atoms with van der Waals surface area (Å²) in [5.41, 5.74) is 1.77. The molecule has 0 aromatic heterocycles. The van der Waals surface area contributed by atoms with Crippen LogP contribution in [0.3, 0.4) is 0 Å². The average Bonchev–Trinajstić information content (AvgIpc) is 2.51. The fourth-order valence-corrected chi connectivity index (χ4v) is 4.41. The van der Waals surface area contributed by atoms with Crippen molar-refractivity contribution >= 4 is 39.5 Å². The van der Waals surface area contributed by atoms with Gasteiger partial charge in [-0.2, -0.15) is 0 Å². The van der Waals surface area contributed by atoms with E-state index < -0.39 is 13.5 Å². The number of hydrogen-bond donors (Lipinski definition) is 0. The van der Waals surface area contributed by atoms with E-state index >= 15 is 0 Å². The van der Waals surface area contributed by atoms with Crippen LogP contribution in [0, 0.1) is 0 Å². The molecule has 7 heteroatoms. The molecule has 0 saturated heterocycles. The molecule has 136 valence electrons. The van der Waals surface area contributed by atoms with E-state index in [4.69, 9.17) is 28.9 Å². The summed E-state index contributed by atoms with van der Waals surface area (Å²) in [6, 6.07) is 6.89. The van der Waals surface area contributed by atoms with Crippen LogP contribution in [-0.2, 0) is 29.7 Å². The van der Waals surface area contributed by atoms with E-state index in [1.807, 2.05) is 36.7 Å². The van der Waals surface area contributed by atoms with Gasteiger partial charge in [0, 0.05) is 0 Å². The Kier molecular flexibility index (Phi) is 11.1. The van der Waals surface area contributed by atoms with Crippen LogP contribution in [0.5, 0.6) is 5.75 Å². The number of carbonyl (C=O) groups is 1. The molecule has 24 heavy (non-hydrogen) atoms. The van der Waals surface area contributed by atoms with E-state index in [2.05, 4.69) is 6.55 Å². The summed E-state index contributed by atoms with van der Waals surface area (Å²) in [6.45, 7) is 6.37. The van der Waals surface area contributed by atoms with E-state index in [1.165, 1.54) is 6.04 Å². The van der Waals surface area contributed by atoms with E-state index in [1.54, 1.807) is 0 Å². The van der Waals surface area contributed by atoms with Crippen LogP contribution in [0.15, 0.2) is 18.2 Å². The zero-order chi connectivity index (χ0) is 17.9. The minimum atomic E-state index is -1.96. The van der Waals surface area contributed by atoms with Gasteiger partial charge in [0.15, 0.2) is 0 Å². The normalized spacial score (nSPS) is 11.3. The second kappa shape index (κ2) is 12.2. The molecule has 0 atom stereocenters. The summed E-state index contributed by atoms with van der Waals surface area (Å²) >= 11 is -1.96. The summed E-state index contributed by atoms with van der Waals surface area (Å²) < 4.78 is 13.0. The van der Waals surface area contributed by atoms with Crippen LogP contribution >= 0.6 is 19.4 Å². The van der Waals surface area contributed by atoms with Gasteiger partial charge in [0.2, 0.25) is 0 Å². The van der Waals surface area contributed by atoms with Crippen molar-refractivity contribution in [3.8, 4) is 5.75 Å². The van der Waals surface area contributed by atoms with Gasteiger partial charge in [-0.3, -0.25) is 0 Å². The molecule has 0 unspecified atom stereocenters. The Hall–Kier alpha value is -0.220. The molecule has 2 radical (unpaired) electrons. The van der Waals surface area contributed by atoms with Gasteiger partial charge in [0.05, 0.1) is 0 Å². The molecule has 0 aliphatic carbocycles. The van der Waals surface area contributed by atoms with Gasteiger partial charge < -0.3 is 0 Å². The Morgan fingerprint density at radius 2 is 2.08 bits per heavy atom. The zero-order valence-electron chi connectivity index (χ0n) is 14.3. The van der Waals surface area contributed by atoms with Gasteiger partial charge in [-0.1, -0.05) is 6.55 Å². The molecule has 0 spiro atoms. The maximum atomic E-state index is 11.8. The SMILES string of the molecule is C[Si]CCCCC(=O)OCc1ccc(OC(C)C)c([CH]=[Ru]([Cl])[Cl])c1. The Morgan fingerprint density at radius 1 is 1.33 bits per heavy atom. The summed E-state index contributed by atoms with van der Waals surface area (Å²) in [6.07, 6.45) is 2.53. The minimum absolute atomic E-state index is 0.0656. The third-order valence-corrected chi connectivity index (χ3v) is 5.77. The molecule has 1 aromatic carbocycles. The predicted octanol–water partition coefficient (Wildman–Crippen LogP) is 4.93. The van der Waals surface area contributed by atoms with Gasteiger partial charge in [0.25, 0.3) is 0 Å². The fourth-order valence-electron chi connectivity index (χ4n) is 2.02. The van der Waals surface area contributed by atoms with Crippen LogP contribution in [0.2, 0.25) is 12.6 Å². The maximum absolute atomic E-state index is 11.8. The van der Waals surface area contributed by atoms with Gasteiger partial charge in [-0.05, 0) is 0 Å². The molecule has 0 heterocycles. The van der Waals surface area contributed by atoms with E-state index in [0.717, 1.165) is 39.2 Å². The summed E-state index contributed by atoms with van der Waals surface area (Å²) in [5.74, 6) is 0.602. The molecule has 1 aromatic rings. The first-order valence-corrected chi connectivity index (χ1v) is 15.0. The topological polar surface area (TPSA) is 35.5 Å². The molecular weight excluding hydrogens is 452 g/mol. The molecule has 0 saturated carbocycles. The predicted molar refractivity (Wildman–Crippen MR) is 99.2 cm³/mol. The molecule has 0 bridgehead atoms. The van der Waals surface area contributed by atoms with Crippen molar-refractivity contribution < 1.29 is 27.8 Å². The van der Waals surface area contributed by atoms with Crippen molar-refractivity contribution in [1.82, 2.24) is 0 Å². The summed E-state index contributed by atoms with van der Waals surface area (Å²) in [4.78, 5) is 11.8. The fraction of sp³-hybridized carbons (Fsp3) is 0.529. The number of carbonyl (C=O) groups excluding carboxylic acids is 1. The third kappa shape index (κ3) is 9.31. The number of benzene rings is 1. The third-order valence-electron chi connectivity index (χ3n) is 3.08. The molecule has 0 N–H and O–H groups in total. The number of ether oxygens (including phenoxy) is 2. The Labute approximate surface area is 160 Å². The molecule has 3 nitrogen and oxygen atoms in total. The number of esters is 1. The summed E-state index contributed by atoms with van der Waals surface area (Å²) in [7, 11) is 12.9. The Bertz CT molecular complexity index is 561. The van der Waals surface area contributed by atoms with E-state index in [9.17, 15) is 4.79 Å². The monoisotopic (exact) mass is 476 g/mol. The van der Waals surface area contributed by atoms with Crippen LogP contribution in [0.1, 0.15) is 44.2 Å². The van der Waals surface area contributed by atoms with Crippen LogP contribution in [0.25, 0.3) is 0 Å². The molecule has 1 rings (SSSR count). The standard InChI is InChI=1S/C17H24O3Si.2ClH.Ru/c1-13(2)20-16-9-8-15(11-14(16)3)12-19-17(18)7-5-6-10-21-4;;;/h3,8-9,11,13H,5-7,10,12H2,1-2,4H3;2*1H;/q;;;+2/p-2. The molecule has 0 amide bonds. The second-order valence-corrected chi connectivity index (χ2v) is 12.5. The number of halogens is 2. The van der Waals surface area contributed by atoms with Crippen LogP contribution in [0.4, 0.5) is 0 Å². The molecular formula is C17H24Cl2O3RuSi. The van der Waals surface area contributed by atoms with Gasteiger partial charge in [-0.25, -0.2) is 0 Å². The Morgan fingerprint density at radius 3 is 2.71 bits per heavy atom. The average molecular weight is 476 g/mol. The first-order valence-electron chi connectivity index (χ1n) is 7.85. The number of unbranched alkanes of at least 4 members (excludes halogenated alkanes) is 1. The summed E-state index contributed by atoms with van der Waals surface area (Å²) in [5, 5.41) is 0. The van der Waals surface area contributed by atoms with Crippen molar-refractivity contribution in [2.75, 3.05) is 0 Å². The van der Waals surface area contributed by atoms with Gasteiger partial charge >= 0.3 is 154 Å². The second-order valence-electron chi connectivity index (χ2n) is 5.57. The number of hydrogen-bond acceptors (Lipinski definition) is 3. The van der Waals surface area contributed by atoms with Crippen molar-refractivity contribution in [1.29, 1.82) is 0 Å². The Balaban J connectivity index is 2.65. The molecule has 0 fully saturated rings. The first kappa shape index (κ1) is 21.8. The van der Waals surface area contributed by atoms with Crippen LogP contribution < -0.4 is 4.74 Å². The quantitative estimate of drug-likeness (QED) is 0.273. The van der Waals surface area contributed by atoms with Crippen molar-refractivity contribution in [3.05, 3.63) is 29.3 Å². The zero-order valence-corrected chi connectivity index (χ0v) is 18.5. The first-order chi connectivity index (χ1) is 11.4. The van der Waals surface area contributed by atoms with Gasteiger partial charge in [-0.15, -0.1) is 0 Å². The van der Waals surface area contributed by atoms with E-state index in [0.29, 0.717) is 6.42 Å². The molecule has 0 aliphatic rings. The van der Waals surface area contributed by atoms with Crippen molar-refractivity contribution in [3.63, 3.8) is 0 Å². The van der Waals surface area contributed by atoms with Gasteiger partial charge in [0.1, 0.15) is 0 Å². The van der Waals surface area contributed by atoms with E-state index in [-0.39, 0.29) is 18.7 Å².